The number of benzene rings is 1. The molecule has 0 spiro atoms. The number of hydrogen-bond acceptors (Lipinski definition) is 3. The van der Waals surface area contributed by atoms with Crippen molar-refractivity contribution >= 4 is 23.2 Å². The monoisotopic (exact) mass is 275 g/mol. The van der Waals surface area contributed by atoms with Crippen LogP contribution in [0.15, 0.2) is 18.2 Å². The molecule has 3 nitrogen and oxygen atoms in total. The van der Waals surface area contributed by atoms with E-state index in [2.05, 4.69) is 4.90 Å². The molecule has 94 valence electrons. The van der Waals surface area contributed by atoms with E-state index in [9.17, 15) is 5.11 Å². The number of ether oxygens (including phenoxy) is 1. The van der Waals surface area contributed by atoms with Gasteiger partial charge >= 0.3 is 0 Å². The van der Waals surface area contributed by atoms with Crippen LogP contribution in [-0.4, -0.2) is 42.9 Å². The summed E-state index contributed by atoms with van der Waals surface area (Å²) in [5, 5.41) is 11.3. The highest BCUT2D eigenvalue weighted by molar-refractivity contribution is 6.35. The normalized spacial score (nSPS) is 23.6. The lowest BCUT2D eigenvalue weighted by Crippen LogP contribution is -2.43. The van der Waals surface area contributed by atoms with E-state index in [0.29, 0.717) is 28.8 Å². The molecule has 2 unspecified atom stereocenters. The van der Waals surface area contributed by atoms with E-state index in [1.807, 2.05) is 7.05 Å². The molecule has 2 rings (SSSR count). The largest absolute Gasteiger partial charge is 0.386 e. The van der Waals surface area contributed by atoms with Gasteiger partial charge in [0.15, 0.2) is 0 Å². The fourth-order valence-electron chi connectivity index (χ4n) is 1.94. The van der Waals surface area contributed by atoms with Crippen LogP contribution in [0.1, 0.15) is 11.7 Å². The van der Waals surface area contributed by atoms with Crippen LogP contribution in [0.25, 0.3) is 0 Å². The molecular weight excluding hydrogens is 261 g/mol. The Balaban J connectivity index is 2.15. The Morgan fingerprint density at radius 3 is 2.88 bits per heavy atom. The van der Waals surface area contributed by atoms with Crippen LogP contribution < -0.4 is 0 Å². The Morgan fingerprint density at radius 2 is 2.24 bits per heavy atom. The molecule has 0 saturated carbocycles. The predicted molar refractivity (Wildman–Crippen MR) is 68.7 cm³/mol. The molecule has 17 heavy (non-hydrogen) atoms. The highest BCUT2D eigenvalue weighted by Gasteiger charge is 2.27. The maximum atomic E-state index is 10.3. The van der Waals surface area contributed by atoms with E-state index in [1.165, 1.54) is 0 Å². The fraction of sp³-hybridized carbons (Fsp3) is 0.500. The summed E-state index contributed by atoms with van der Waals surface area (Å²) in [6, 6.07) is 5.10. The summed E-state index contributed by atoms with van der Waals surface area (Å²) in [5.74, 6) is 0. The minimum absolute atomic E-state index is 0.243. The quantitative estimate of drug-likeness (QED) is 0.900. The summed E-state index contributed by atoms with van der Waals surface area (Å²) < 4.78 is 5.57. The van der Waals surface area contributed by atoms with Crippen molar-refractivity contribution in [1.29, 1.82) is 0 Å². The van der Waals surface area contributed by atoms with Gasteiger partial charge < -0.3 is 14.7 Å². The van der Waals surface area contributed by atoms with Gasteiger partial charge in [0.2, 0.25) is 0 Å². The molecule has 1 fully saturated rings. The van der Waals surface area contributed by atoms with Gasteiger partial charge in [0, 0.05) is 28.7 Å². The number of morpholine rings is 1. The van der Waals surface area contributed by atoms with Crippen LogP contribution in [0, 0.1) is 0 Å². The lowest BCUT2D eigenvalue weighted by Gasteiger charge is -2.33. The third-order valence-corrected chi connectivity index (χ3v) is 3.49. The lowest BCUT2D eigenvalue weighted by atomic mass is 10.0. The van der Waals surface area contributed by atoms with E-state index in [4.69, 9.17) is 27.9 Å². The van der Waals surface area contributed by atoms with Crippen molar-refractivity contribution in [3.8, 4) is 0 Å². The van der Waals surface area contributed by atoms with Crippen LogP contribution in [0.4, 0.5) is 0 Å². The molecule has 1 aromatic carbocycles. The molecule has 0 aliphatic carbocycles. The second kappa shape index (κ2) is 5.55. The Morgan fingerprint density at radius 1 is 1.47 bits per heavy atom. The van der Waals surface area contributed by atoms with E-state index < -0.39 is 6.10 Å². The topological polar surface area (TPSA) is 32.7 Å². The van der Waals surface area contributed by atoms with E-state index in [1.54, 1.807) is 18.2 Å². The average molecular weight is 276 g/mol. The molecule has 1 heterocycles. The highest BCUT2D eigenvalue weighted by atomic mass is 35.5. The Kier molecular flexibility index (Phi) is 4.28. The maximum Gasteiger partial charge on any atom is 0.108 e. The van der Waals surface area contributed by atoms with Crippen LogP contribution in [0.2, 0.25) is 10.0 Å². The van der Waals surface area contributed by atoms with Crippen LogP contribution in [0.3, 0.4) is 0 Å². The number of aliphatic hydroxyl groups excluding tert-OH is 1. The van der Waals surface area contributed by atoms with E-state index >= 15 is 0 Å². The zero-order valence-electron chi connectivity index (χ0n) is 9.57. The van der Waals surface area contributed by atoms with E-state index in [0.717, 1.165) is 6.54 Å². The molecule has 0 radical (unpaired) electrons. The van der Waals surface area contributed by atoms with Gasteiger partial charge in [-0.1, -0.05) is 29.3 Å². The third kappa shape index (κ3) is 3.12. The molecule has 1 aliphatic rings. The van der Waals surface area contributed by atoms with Crippen molar-refractivity contribution in [2.45, 2.75) is 12.2 Å². The standard InChI is InChI=1S/C12H15Cl2NO2/c1-15-4-5-17-11(7-15)12(16)9-3-2-8(13)6-10(9)14/h2-3,6,11-12,16H,4-5,7H2,1H3. The summed E-state index contributed by atoms with van der Waals surface area (Å²) in [6.45, 7) is 2.21. The van der Waals surface area contributed by atoms with E-state index in [-0.39, 0.29) is 6.10 Å². The number of hydrogen-bond donors (Lipinski definition) is 1. The molecule has 1 saturated heterocycles. The second-order valence-corrected chi connectivity index (χ2v) is 5.13. The van der Waals surface area contributed by atoms with Gasteiger partial charge in [-0.15, -0.1) is 0 Å². The first kappa shape index (κ1) is 13.1. The first-order valence-corrected chi connectivity index (χ1v) is 6.26. The molecule has 2 atom stereocenters. The van der Waals surface area contributed by atoms with Gasteiger partial charge in [-0.2, -0.15) is 0 Å². The van der Waals surface area contributed by atoms with Crippen molar-refractivity contribution in [3.63, 3.8) is 0 Å². The number of rotatable bonds is 2. The van der Waals surface area contributed by atoms with Crippen molar-refractivity contribution in [3.05, 3.63) is 33.8 Å². The van der Waals surface area contributed by atoms with Gasteiger partial charge in [0.05, 0.1) is 6.61 Å². The number of nitrogens with zero attached hydrogens (tertiary/aromatic N) is 1. The lowest BCUT2D eigenvalue weighted by molar-refractivity contribution is -0.0844. The summed E-state index contributed by atoms with van der Waals surface area (Å²) in [6.07, 6.45) is -0.963. The SMILES string of the molecule is CN1CCOC(C(O)c2ccc(Cl)cc2Cl)C1. The molecular formula is C12H15Cl2NO2. The molecule has 5 heteroatoms. The Bertz CT molecular complexity index is 400. The smallest absolute Gasteiger partial charge is 0.108 e. The third-order valence-electron chi connectivity index (χ3n) is 2.93. The number of halogens is 2. The van der Waals surface area contributed by atoms with Crippen molar-refractivity contribution in [2.24, 2.45) is 0 Å². The van der Waals surface area contributed by atoms with Gasteiger partial charge in [-0.3, -0.25) is 0 Å². The van der Waals surface area contributed by atoms with Crippen LogP contribution >= 0.6 is 23.2 Å². The summed E-state index contributed by atoms with van der Waals surface area (Å²) in [7, 11) is 2.01. The minimum Gasteiger partial charge on any atom is -0.386 e. The molecule has 0 amide bonds. The van der Waals surface area contributed by atoms with Gasteiger partial charge in [-0.05, 0) is 19.2 Å². The summed E-state index contributed by atoms with van der Waals surface area (Å²) >= 11 is 11.9. The zero-order chi connectivity index (χ0) is 12.4. The fourth-order valence-corrected chi connectivity index (χ4v) is 2.46. The van der Waals surface area contributed by atoms with Crippen LogP contribution in [-0.2, 0) is 4.74 Å². The Hall–Kier alpha value is -0.320. The predicted octanol–water partition coefficient (Wildman–Crippen LogP) is 2.36. The first-order valence-electron chi connectivity index (χ1n) is 5.51. The van der Waals surface area contributed by atoms with Crippen molar-refractivity contribution in [2.75, 3.05) is 26.7 Å². The van der Waals surface area contributed by atoms with Crippen molar-refractivity contribution in [1.82, 2.24) is 4.90 Å². The van der Waals surface area contributed by atoms with Crippen LogP contribution in [0.5, 0.6) is 0 Å². The van der Waals surface area contributed by atoms with Crippen molar-refractivity contribution < 1.29 is 9.84 Å². The molecule has 1 aromatic rings. The molecule has 1 aliphatic heterocycles. The number of aliphatic hydroxyl groups is 1. The summed E-state index contributed by atoms with van der Waals surface area (Å²) in [4.78, 5) is 2.13. The number of likely N-dealkylation sites (N-methyl/N-ethyl adjacent to an activating group) is 1. The first-order chi connectivity index (χ1) is 8.08. The van der Waals surface area contributed by atoms with Gasteiger partial charge in [0.25, 0.3) is 0 Å². The van der Waals surface area contributed by atoms with Gasteiger partial charge in [-0.25, -0.2) is 0 Å². The minimum atomic E-state index is -0.720. The Labute approximate surface area is 111 Å². The molecule has 0 aromatic heterocycles. The van der Waals surface area contributed by atoms with Gasteiger partial charge in [0.1, 0.15) is 12.2 Å². The molecule has 1 N–H and O–H groups in total. The average Bonchev–Trinajstić information content (AvgIpc) is 2.28. The highest BCUT2D eigenvalue weighted by Crippen LogP contribution is 2.30. The molecule has 0 bridgehead atoms. The summed E-state index contributed by atoms with van der Waals surface area (Å²) in [5.41, 5.74) is 0.663. The second-order valence-electron chi connectivity index (χ2n) is 4.28. The maximum absolute atomic E-state index is 10.3. The zero-order valence-corrected chi connectivity index (χ0v) is 11.1.